The zero-order valence-electron chi connectivity index (χ0n) is 8.60. The van der Waals surface area contributed by atoms with Gasteiger partial charge in [-0.15, -0.1) is 11.3 Å². The van der Waals surface area contributed by atoms with E-state index < -0.39 is 0 Å². The van der Waals surface area contributed by atoms with Crippen LogP contribution in [0.25, 0.3) is 0 Å². The minimum atomic E-state index is 0.875. The fraction of sp³-hybridized carbons (Fsp3) is 0.273. The summed E-state index contributed by atoms with van der Waals surface area (Å²) in [7, 11) is 0. The zero-order valence-corrected chi connectivity index (χ0v) is 9.42. The molecule has 0 aliphatic rings. The molecule has 0 saturated carbocycles. The van der Waals surface area contributed by atoms with Crippen LogP contribution in [0.2, 0.25) is 0 Å². The van der Waals surface area contributed by atoms with E-state index in [1.54, 1.807) is 11.3 Å². The summed E-state index contributed by atoms with van der Waals surface area (Å²) >= 11 is 1.63. The molecule has 0 radical (unpaired) electrons. The number of thiazole rings is 1. The Morgan fingerprint density at radius 1 is 1.40 bits per heavy atom. The van der Waals surface area contributed by atoms with E-state index in [1.165, 1.54) is 5.56 Å². The Morgan fingerprint density at radius 2 is 2.33 bits per heavy atom. The standard InChI is InChI=1S/C11H13N3S/c1-9-2-4-12-11(6-9)13-5-3-10-7-15-8-14-10/h2,4,6-8H,3,5H2,1H3,(H,12,13). The average Bonchev–Trinajstić information content (AvgIpc) is 2.71. The van der Waals surface area contributed by atoms with E-state index in [0.29, 0.717) is 0 Å². The summed E-state index contributed by atoms with van der Waals surface area (Å²) in [5.41, 5.74) is 4.22. The van der Waals surface area contributed by atoms with Crippen molar-refractivity contribution < 1.29 is 0 Å². The van der Waals surface area contributed by atoms with Gasteiger partial charge in [0.25, 0.3) is 0 Å². The number of aromatic nitrogens is 2. The molecule has 2 aromatic heterocycles. The second-order valence-corrected chi connectivity index (χ2v) is 4.09. The van der Waals surface area contributed by atoms with E-state index in [-0.39, 0.29) is 0 Å². The van der Waals surface area contributed by atoms with Crippen molar-refractivity contribution in [1.29, 1.82) is 0 Å². The topological polar surface area (TPSA) is 37.8 Å². The molecule has 15 heavy (non-hydrogen) atoms. The molecular formula is C11H13N3S. The van der Waals surface area contributed by atoms with E-state index in [4.69, 9.17) is 0 Å². The Hall–Kier alpha value is -1.42. The molecular weight excluding hydrogens is 206 g/mol. The molecule has 0 amide bonds. The Kier molecular flexibility index (Phi) is 3.29. The summed E-state index contributed by atoms with van der Waals surface area (Å²) < 4.78 is 0. The Morgan fingerprint density at radius 3 is 3.07 bits per heavy atom. The number of nitrogens with zero attached hydrogens (tertiary/aromatic N) is 2. The predicted molar refractivity (Wildman–Crippen MR) is 63.3 cm³/mol. The van der Waals surface area contributed by atoms with Gasteiger partial charge < -0.3 is 5.32 Å². The fourth-order valence-corrected chi connectivity index (χ4v) is 1.91. The van der Waals surface area contributed by atoms with Gasteiger partial charge in [0.05, 0.1) is 11.2 Å². The smallest absolute Gasteiger partial charge is 0.126 e. The number of nitrogens with one attached hydrogen (secondary N) is 1. The summed E-state index contributed by atoms with van der Waals surface area (Å²) in [5, 5.41) is 5.35. The van der Waals surface area contributed by atoms with Crippen LogP contribution >= 0.6 is 11.3 Å². The van der Waals surface area contributed by atoms with Crippen LogP contribution in [-0.4, -0.2) is 16.5 Å². The third-order valence-electron chi connectivity index (χ3n) is 2.09. The monoisotopic (exact) mass is 219 g/mol. The van der Waals surface area contributed by atoms with Crippen molar-refractivity contribution in [2.24, 2.45) is 0 Å². The molecule has 2 aromatic rings. The Bertz CT molecular complexity index is 412. The van der Waals surface area contributed by atoms with Gasteiger partial charge in [-0.2, -0.15) is 0 Å². The molecule has 78 valence electrons. The van der Waals surface area contributed by atoms with Gasteiger partial charge in [0.2, 0.25) is 0 Å². The highest BCUT2D eigenvalue weighted by Crippen LogP contribution is 2.06. The first-order chi connectivity index (χ1) is 7.34. The Balaban J connectivity index is 1.83. The quantitative estimate of drug-likeness (QED) is 0.858. The van der Waals surface area contributed by atoms with Crippen molar-refractivity contribution in [3.63, 3.8) is 0 Å². The van der Waals surface area contributed by atoms with Gasteiger partial charge in [0.1, 0.15) is 5.82 Å². The van der Waals surface area contributed by atoms with Gasteiger partial charge >= 0.3 is 0 Å². The molecule has 0 atom stereocenters. The summed E-state index contributed by atoms with van der Waals surface area (Å²) in [6.45, 7) is 2.94. The predicted octanol–water partition coefficient (Wildman–Crippen LogP) is 2.50. The molecule has 3 nitrogen and oxygen atoms in total. The molecule has 0 spiro atoms. The highest BCUT2D eigenvalue weighted by Gasteiger charge is 1.96. The lowest BCUT2D eigenvalue weighted by molar-refractivity contribution is 0.967. The van der Waals surface area contributed by atoms with Crippen molar-refractivity contribution >= 4 is 17.2 Å². The van der Waals surface area contributed by atoms with E-state index in [2.05, 4.69) is 27.6 Å². The summed E-state index contributed by atoms with van der Waals surface area (Å²) in [6.07, 6.45) is 2.76. The van der Waals surface area contributed by atoms with Crippen molar-refractivity contribution in [2.45, 2.75) is 13.3 Å². The van der Waals surface area contributed by atoms with Crippen LogP contribution < -0.4 is 5.32 Å². The minimum Gasteiger partial charge on any atom is -0.370 e. The van der Waals surface area contributed by atoms with Crippen LogP contribution in [0.5, 0.6) is 0 Å². The number of rotatable bonds is 4. The maximum absolute atomic E-state index is 4.23. The first-order valence-electron chi connectivity index (χ1n) is 4.88. The largest absolute Gasteiger partial charge is 0.370 e. The van der Waals surface area contributed by atoms with Crippen molar-refractivity contribution in [1.82, 2.24) is 9.97 Å². The van der Waals surface area contributed by atoms with Crippen molar-refractivity contribution in [2.75, 3.05) is 11.9 Å². The van der Waals surface area contributed by atoms with Crippen LogP contribution in [0.1, 0.15) is 11.3 Å². The lowest BCUT2D eigenvalue weighted by Crippen LogP contribution is -2.06. The van der Waals surface area contributed by atoms with Crippen molar-refractivity contribution in [3.8, 4) is 0 Å². The van der Waals surface area contributed by atoms with Crippen LogP contribution in [0.15, 0.2) is 29.2 Å². The summed E-state index contributed by atoms with van der Waals surface area (Å²) in [6, 6.07) is 4.03. The number of pyridine rings is 1. The maximum atomic E-state index is 4.23. The fourth-order valence-electron chi connectivity index (χ4n) is 1.31. The second kappa shape index (κ2) is 4.89. The Labute approximate surface area is 93.2 Å². The van der Waals surface area contributed by atoms with Gasteiger partial charge in [-0.3, -0.25) is 0 Å². The molecule has 2 heterocycles. The van der Waals surface area contributed by atoms with Gasteiger partial charge in [-0.25, -0.2) is 9.97 Å². The van der Waals surface area contributed by atoms with Gasteiger partial charge in [-0.05, 0) is 24.6 Å². The van der Waals surface area contributed by atoms with Crippen LogP contribution in [0.3, 0.4) is 0 Å². The van der Waals surface area contributed by atoms with E-state index in [9.17, 15) is 0 Å². The molecule has 0 saturated heterocycles. The zero-order chi connectivity index (χ0) is 10.5. The first-order valence-corrected chi connectivity index (χ1v) is 5.82. The van der Waals surface area contributed by atoms with E-state index in [0.717, 1.165) is 24.5 Å². The number of hydrogen-bond acceptors (Lipinski definition) is 4. The molecule has 0 unspecified atom stereocenters. The molecule has 0 bridgehead atoms. The number of aryl methyl sites for hydroxylation is 1. The molecule has 0 aliphatic heterocycles. The molecule has 0 aromatic carbocycles. The molecule has 1 N–H and O–H groups in total. The van der Waals surface area contributed by atoms with E-state index >= 15 is 0 Å². The maximum Gasteiger partial charge on any atom is 0.126 e. The molecule has 4 heteroatoms. The highest BCUT2D eigenvalue weighted by atomic mass is 32.1. The highest BCUT2D eigenvalue weighted by molar-refractivity contribution is 7.07. The first kappa shape index (κ1) is 10.1. The number of anilines is 1. The van der Waals surface area contributed by atoms with Crippen LogP contribution in [0.4, 0.5) is 5.82 Å². The van der Waals surface area contributed by atoms with E-state index in [1.807, 2.05) is 23.8 Å². The lowest BCUT2D eigenvalue weighted by Gasteiger charge is -2.04. The average molecular weight is 219 g/mol. The normalized spacial score (nSPS) is 10.2. The minimum absolute atomic E-state index is 0.875. The second-order valence-electron chi connectivity index (χ2n) is 3.37. The SMILES string of the molecule is Cc1ccnc(NCCc2cscn2)c1. The third-order valence-corrected chi connectivity index (χ3v) is 2.72. The molecule has 2 rings (SSSR count). The molecule has 0 fully saturated rings. The van der Waals surface area contributed by atoms with Gasteiger partial charge in [0, 0.05) is 24.5 Å². The lowest BCUT2D eigenvalue weighted by atomic mass is 10.3. The third kappa shape index (κ3) is 3.02. The number of hydrogen-bond donors (Lipinski definition) is 1. The van der Waals surface area contributed by atoms with Gasteiger partial charge in [0.15, 0.2) is 0 Å². The van der Waals surface area contributed by atoms with Crippen molar-refractivity contribution in [3.05, 3.63) is 40.5 Å². The summed E-state index contributed by atoms with van der Waals surface area (Å²) in [4.78, 5) is 8.45. The van der Waals surface area contributed by atoms with Crippen LogP contribution in [0, 0.1) is 6.92 Å². The van der Waals surface area contributed by atoms with Crippen LogP contribution in [-0.2, 0) is 6.42 Å². The molecule has 0 aliphatic carbocycles. The summed E-state index contributed by atoms with van der Waals surface area (Å²) in [5.74, 6) is 0.935. The van der Waals surface area contributed by atoms with Gasteiger partial charge in [-0.1, -0.05) is 0 Å².